The van der Waals surface area contributed by atoms with E-state index in [1.807, 2.05) is 40.8 Å². The maximum Gasteiger partial charge on any atom is 0.259 e. The Morgan fingerprint density at radius 2 is 2.14 bits per heavy atom. The minimum atomic E-state index is -0.188. The Hall–Kier alpha value is -3.49. The van der Waals surface area contributed by atoms with Gasteiger partial charge in [-0.2, -0.15) is 10.2 Å². The highest BCUT2D eigenvalue weighted by Gasteiger charge is 2.20. The topological polar surface area (TPSA) is 104 Å². The van der Waals surface area contributed by atoms with Crippen LogP contribution in [0.1, 0.15) is 29.9 Å². The van der Waals surface area contributed by atoms with E-state index in [1.54, 1.807) is 19.2 Å². The molecule has 0 aliphatic rings. The molecular weight excluding hydrogens is 370 g/mol. The van der Waals surface area contributed by atoms with Crippen molar-refractivity contribution in [3.63, 3.8) is 0 Å². The molecular formula is C20H23N7O2. The normalized spacial score (nSPS) is 12.4. The number of nitrogens with zero attached hydrogens (tertiary/aromatic N) is 6. The van der Waals surface area contributed by atoms with Crippen LogP contribution < -0.4 is 5.32 Å². The molecule has 0 fully saturated rings. The molecule has 4 heterocycles. The first-order chi connectivity index (χ1) is 14.0. The standard InChI is InChI=1S/C20H23N7O2/c1-4-26-9-6-16(24-26)17-10-15(18-14(3)25-29-20(18)23-17)19(28)21-11-13(2)12-27-8-5-7-22-27/h5-10,13H,4,11-12H2,1-3H3,(H,21,28)/t13-/m0/s1. The Morgan fingerprint density at radius 3 is 2.86 bits per heavy atom. The van der Waals surface area contributed by atoms with Gasteiger partial charge in [-0.1, -0.05) is 12.1 Å². The molecule has 0 saturated carbocycles. The summed E-state index contributed by atoms with van der Waals surface area (Å²) in [6.45, 7) is 7.88. The average molecular weight is 393 g/mol. The number of hydrogen-bond donors (Lipinski definition) is 1. The zero-order chi connectivity index (χ0) is 20.4. The van der Waals surface area contributed by atoms with Crippen molar-refractivity contribution in [3.05, 3.63) is 48.0 Å². The molecule has 4 aromatic heterocycles. The van der Waals surface area contributed by atoms with Crippen LogP contribution in [0.3, 0.4) is 0 Å². The van der Waals surface area contributed by atoms with Gasteiger partial charge < -0.3 is 9.84 Å². The zero-order valence-corrected chi connectivity index (χ0v) is 16.7. The molecule has 1 amide bonds. The summed E-state index contributed by atoms with van der Waals surface area (Å²) in [5, 5.41) is 16.3. The van der Waals surface area contributed by atoms with Gasteiger partial charge in [-0.3, -0.25) is 14.2 Å². The maximum absolute atomic E-state index is 13.0. The lowest BCUT2D eigenvalue weighted by atomic mass is 10.1. The molecule has 0 radical (unpaired) electrons. The van der Waals surface area contributed by atoms with Crippen molar-refractivity contribution in [2.75, 3.05) is 6.54 Å². The smallest absolute Gasteiger partial charge is 0.259 e. The van der Waals surface area contributed by atoms with Crippen molar-refractivity contribution in [3.8, 4) is 11.4 Å². The van der Waals surface area contributed by atoms with Crippen molar-refractivity contribution in [2.24, 2.45) is 5.92 Å². The van der Waals surface area contributed by atoms with Crippen LogP contribution in [-0.2, 0) is 13.1 Å². The molecule has 9 nitrogen and oxygen atoms in total. The fourth-order valence-electron chi connectivity index (χ4n) is 3.23. The molecule has 0 aromatic carbocycles. The molecule has 4 aromatic rings. The molecule has 0 unspecified atom stereocenters. The summed E-state index contributed by atoms with van der Waals surface area (Å²) in [6.07, 6.45) is 5.53. The van der Waals surface area contributed by atoms with Crippen LogP contribution in [-0.4, -0.2) is 42.2 Å². The fourth-order valence-corrected chi connectivity index (χ4v) is 3.23. The summed E-state index contributed by atoms with van der Waals surface area (Å²) in [5.74, 6) is 0.0339. The number of fused-ring (bicyclic) bond motifs is 1. The van der Waals surface area contributed by atoms with Gasteiger partial charge in [-0.05, 0) is 38.0 Å². The van der Waals surface area contributed by atoms with Gasteiger partial charge in [0.15, 0.2) is 0 Å². The number of aryl methyl sites for hydroxylation is 2. The van der Waals surface area contributed by atoms with Gasteiger partial charge in [0.2, 0.25) is 0 Å². The summed E-state index contributed by atoms with van der Waals surface area (Å²) in [7, 11) is 0. The fraction of sp³-hybridized carbons (Fsp3) is 0.350. The Bertz CT molecular complexity index is 1130. The van der Waals surface area contributed by atoms with E-state index < -0.39 is 0 Å². The van der Waals surface area contributed by atoms with Gasteiger partial charge in [-0.15, -0.1) is 0 Å². The molecule has 0 spiro atoms. The van der Waals surface area contributed by atoms with E-state index in [9.17, 15) is 4.79 Å². The number of amides is 1. The lowest BCUT2D eigenvalue weighted by molar-refractivity contribution is 0.0948. The second-order valence-electron chi connectivity index (χ2n) is 7.10. The molecule has 4 rings (SSSR count). The van der Waals surface area contributed by atoms with Crippen LogP contribution in [0.4, 0.5) is 0 Å². The van der Waals surface area contributed by atoms with Crippen molar-refractivity contribution in [2.45, 2.75) is 33.9 Å². The summed E-state index contributed by atoms with van der Waals surface area (Å²) < 4.78 is 9.01. The van der Waals surface area contributed by atoms with Gasteiger partial charge in [0.25, 0.3) is 11.6 Å². The van der Waals surface area contributed by atoms with Crippen LogP contribution in [0, 0.1) is 12.8 Å². The highest BCUT2D eigenvalue weighted by molar-refractivity contribution is 6.06. The number of nitrogens with one attached hydrogen (secondary N) is 1. The summed E-state index contributed by atoms with van der Waals surface area (Å²) in [5.41, 5.74) is 2.72. The third-order valence-corrected chi connectivity index (χ3v) is 4.76. The van der Waals surface area contributed by atoms with E-state index in [1.165, 1.54) is 0 Å². The van der Waals surface area contributed by atoms with E-state index in [-0.39, 0.29) is 11.8 Å². The number of rotatable bonds is 7. The molecule has 150 valence electrons. The predicted octanol–water partition coefficient (Wildman–Crippen LogP) is 2.68. The SMILES string of the molecule is CCn1ccc(-c2cc(C(=O)NC[C@H](C)Cn3cccn3)c3c(C)noc3n2)n1. The van der Waals surface area contributed by atoms with Gasteiger partial charge in [0.05, 0.1) is 22.3 Å². The van der Waals surface area contributed by atoms with Crippen LogP contribution in [0.2, 0.25) is 0 Å². The minimum absolute atomic E-state index is 0.188. The highest BCUT2D eigenvalue weighted by atomic mass is 16.5. The van der Waals surface area contributed by atoms with Crippen LogP contribution in [0.15, 0.2) is 41.3 Å². The van der Waals surface area contributed by atoms with E-state index in [2.05, 4.69) is 32.6 Å². The Kier molecular flexibility index (Phi) is 5.11. The molecule has 29 heavy (non-hydrogen) atoms. The molecule has 0 saturated heterocycles. The van der Waals surface area contributed by atoms with Crippen molar-refractivity contribution in [1.82, 2.24) is 35.0 Å². The first-order valence-corrected chi connectivity index (χ1v) is 9.61. The third kappa shape index (κ3) is 3.89. The predicted molar refractivity (Wildman–Crippen MR) is 107 cm³/mol. The first-order valence-electron chi connectivity index (χ1n) is 9.61. The molecule has 9 heteroatoms. The Morgan fingerprint density at radius 1 is 1.28 bits per heavy atom. The van der Waals surface area contributed by atoms with Crippen molar-refractivity contribution in [1.29, 1.82) is 0 Å². The Balaban J connectivity index is 1.59. The van der Waals surface area contributed by atoms with Gasteiger partial charge in [0.1, 0.15) is 5.69 Å². The number of hydrogen-bond acceptors (Lipinski definition) is 6. The monoisotopic (exact) mass is 393 g/mol. The molecule has 1 N–H and O–H groups in total. The van der Waals surface area contributed by atoms with Gasteiger partial charge >= 0.3 is 0 Å². The van der Waals surface area contributed by atoms with Gasteiger partial charge in [-0.25, -0.2) is 4.98 Å². The average Bonchev–Trinajstić information content (AvgIpc) is 3.47. The van der Waals surface area contributed by atoms with Crippen molar-refractivity contribution < 1.29 is 9.32 Å². The van der Waals surface area contributed by atoms with Crippen molar-refractivity contribution >= 4 is 17.0 Å². The number of pyridine rings is 1. The van der Waals surface area contributed by atoms with Crippen LogP contribution in [0.25, 0.3) is 22.5 Å². The lowest BCUT2D eigenvalue weighted by Gasteiger charge is -2.13. The highest BCUT2D eigenvalue weighted by Crippen LogP contribution is 2.26. The third-order valence-electron chi connectivity index (χ3n) is 4.76. The van der Waals surface area contributed by atoms with E-state index in [0.29, 0.717) is 40.3 Å². The largest absolute Gasteiger partial charge is 0.352 e. The van der Waals surface area contributed by atoms with Crippen LogP contribution >= 0.6 is 0 Å². The lowest BCUT2D eigenvalue weighted by Crippen LogP contribution is -2.30. The van der Waals surface area contributed by atoms with Crippen LogP contribution in [0.5, 0.6) is 0 Å². The summed E-state index contributed by atoms with van der Waals surface area (Å²) in [4.78, 5) is 17.5. The zero-order valence-electron chi connectivity index (χ0n) is 16.7. The first kappa shape index (κ1) is 18.9. The molecule has 0 bridgehead atoms. The molecule has 0 aliphatic carbocycles. The minimum Gasteiger partial charge on any atom is -0.352 e. The Labute approximate surface area is 167 Å². The summed E-state index contributed by atoms with van der Waals surface area (Å²) in [6, 6.07) is 5.51. The van der Waals surface area contributed by atoms with E-state index >= 15 is 0 Å². The second kappa shape index (κ2) is 7.86. The number of aromatic nitrogens is 6. The van der Waals surface area contributed by atoms with E-state index in [4.69, 9.17) is 4.52 Å². The van der Waals surface area contributed by atoms with Gasteiger partial charge in [0, 0.05) is 38.2 Å². The summed E-state index contributed by atoms with van der Waals surface area (Å²) >= 11 is 0. The molecule has 0 aliphatic heterocycles. The van der Waals surface area contributed by atoms with E-state index in [0.717, 1.165) is 13.1 Å². The number of carbonyl (C=O) groups excluding carboxylic acids is 1. The molecule has 1 atom stereocenters. The number of carbonyl (C=O) groups is 1. The maximum atomic E-state index is 13.0. The second-order valence-corrected chi connectivity index (χ2v) is 7.10. The quantitative estimate of drug-likeness (QED) is 0.518.